The number of nitrogens with two attached hydrogens (primary N) is 1. The van der Waals surface area contributed by atoms with E-state index in [0.717, 1.165) is 5.56 Å². The van der Waals surface area contributed by atoms with Gasteiger partial charge in [-0.2, -0.15) is 0 Å². The van der Waals surface area contributed by atoms with Gasteiger partial charge in [-0.3, -0.25) is 4.79 Å². The fourth-order valence-electron chi connectivity index (χ4n) is 2.07. The summed E-state index contributed by atoms with van der Waals surface area (Å²) in [5, 5.41) is 18.2. The van der Waals surface area contributed by atoms with Crippen molar-refractivity contribution >= 4 is 11.9 Å². The zero-order valence-corrected chi connectivity index (χ0v) is 13.8. The third kappa shape index (κ3) is 8.13. The summed E-state index contributed by atoms with van der Waals surface area (Å²) in [7, 11) is 0. The number of aliphatic carboxylic acids is 1. The van der Waals surface area contributed by atoms with Crippen LogP contribution in [0.5, 0.6) is 0 Å². The number of ether oxygens (including phenoxy) is 1. The lowest BCUT2D eigenvalue weighted by Crippen LogP contribution is -2.41. The number of alkyl halides is 3. The number of halogens is 3. The van der Waals surface area contributed by atoms with Crippen molar-refractivity contribution in [1.82, 2.24) is 0 Å². The van der Waals surface area contributed by atoms with Crippen LogP contribution in [0.3, 0.4) is 0 Å². The molecule has 0 aliphatic heterocycles. The molecule has 2 unspecified atom stereocenters. The highest BCUT2D eigenvalue weighted by Crippen LogP contribution is 2.19. The Hall–Kier alpha value is -2.39. The van der Waals surface area contributed by atoms with E-state index >= 15 is 0 Å². The lowest BCUT2D eigenvalue weighted by molar-refractivity contribution is -0.291. The Bertz CT molecular complexity index is 628. The number of carbonyl (C=O) groups excluding carboxylic acids is 1. The molecule has 0 bridgehead atoms. The average Bonchev–Trinajstić information content (AvgIpc) is 2.55. The zero-order valence-electron chi connectivity index (χ0n) is 13.8. The Morgan fingerprint density at radius 3 is 2.27 bits per heavy atom. The van der Waals surface area contributed by atoms with Gasteiger partial charge in [0.1, 0.15) is 6.04 Å². The predicted molar refractivity (Wildman–Crippen MR) is 86.2 cm³/mol. The van der Waals surface area contributed by atoms with Crippen molar-refractivity contribution in [2.75, 3.05) is 0 Å². The molecule has 6 nitrogen and oxygen atoms in total. The SMILES string of the molecule is NC(C(=O)O)C(O)CC/C=C/CCc1ccc(C(=O)OC(F)(F)F)cc1. The number of carboxylic acid groups (broad SMARTS) is 1. The van der Waals surface area contributed by atoms with Crippen LogP contribution in [0.2, 0.25) is 0 Å². The fraction of sp³-hybridized carbons (Fsp3) is 0.412. The molecule has 0 spiro atoms. The maximum absolute atomic E-state index is 12.0. The van der Waals surface area contributed by atoms with Gasteiger partial charge in [0.25, 0.3) is 0 Å². The summed E-state index contributed by atoms with van der Waals surface area (Å²) in [5.74, 6) is -2.72. The number of hydrogen-bond donors (Lipinski definition) is 3. The lowest BCUT2D eigenvalue weighted by Gasteiger charge is -2.13. The second-order valence-corrected chi connectivity index (χ2v) is 5.55. The summed E-state index contributed by atoms with van der Waals surface area (Å²) in [4.78, 5) is 21.8. The number of aliphatic hydroxyl groups excluding tert-OH is 1. The molecule has 0 saturated heterocycles. The normalized spacial score (nSPS) is 14.2. The Morgan fingerprint density at radius 2 is 1.73 bits per heavy atom. The van der Waals surface area contributed by atoms with Crippen molar-refractivity contribution in [3.8, 4) is 0 Å². The van der Waals surface area contributed by atoms with Gasteiger partial charge in [0.05, 0.1) is 11.7 Å². The standard InChI is InChI=1S/C17H20F3NO5/c18-17(19,20)26-16(25)12-9-7-11(8-10-12)5-3-1-2-4-6-13(22)14(21)15(23)24/h1-2,7-10,13-14,22H,3-6,21H2,(H,23,24)/b2-1+. The minimum atomic E-state index is -5.01. The summed E-state index contributed by atoms with van der Waals surface area (Å²) >= 11 is 0. The van der Waals surface area contributed by atoms with Crippen LogP contribution in [0.25, 0.3) is 0 Å². The van der Waals surface area contributed by atoms with E-state index in [1.165, 1.54) is 24.3 Å². The van der Waals surface area contributed by atoms with E-state index in [2.05, 4.69) is 4.74 Å². The van der Waals surface area contributed by atoms with Crippen LogP contribution < -0.4 is 5.73 Å². The maximum atomic E-state index is 12.0. The molecule has 4 N–H and O–H groups in total. The summed E-state index contributed by atoms with van der Waals surface area (Å²) < 4.78 is 39.2. The molecule has 0 aliphatic rings. The number of carbonyl (C=O) groups is 2. The van der Waals surface area contributed by atoms with E-state index in [0.29, 0.717) is 19.3 Å². The van der Waals surface area contributed by atoms with E-state index in [-0.39, 0.29) is 12.0 Å². The van der Waals surface area contributed by atoms with Gasteiger partial charge in [0, 0.05) is 0 Å². The summed E-state index contributed by atoms with van der Waals surface area (Å²) in [6.45, 7) is 0. The molecule has 2 atom stereocenters. The van der Waals surface area contributed by atoms with Crippen LogP contribution in [0.15, 0.2) is 36.4 Å². The van der Waals surface area contributed by atoms with Crippen LogP contribution in [0.4, 0.5) is 13.2 Å². The summed E-state index contributed by atoms with van der Waals surface area (Å²) in [6.07, 6.45) is -0.596. The van der Waals surface area contributed by atoms with Gasteiger partial charge in [-0.1, -0.05) is 24.3 Å². The van der Waals surface area contributed by atoms with Crippen molar-refractivity contribution in [1.29, 1.82) is 0 Å². The highest BCUT2D eigenvalue weighted by atomic mass is 19.4. The number of allylic oxidation sites excluding steroid dienone is 2. The van der Waals surface area contributed by atoms with Crippen molar-refractivity contribution in [2.24, 2.45) is 5.73 Å². The van der Waals surface area contributed by atoms with Crippen molar-refractivity contribution in [3.05, 3.63) is 47.5 Å². The van der Waals surface area contributed by atoms with Gasteiger partial charge in [-0.25, -0.2) is 4.79 Å². The molecule has 0 saturated carbocycles. The largest absolute Gasteiger partial charge is 0.575 e. The Morgan fingerprint density at radius 1 is 1.15 bits per heavy atom. The first kappa shape index (κ1) is 21.7. The molecule has 1 aromatic rings. The number of benzene rings is 1. The number of esters is 1. The van der Waals surface area contributed by atoms with E-state index < -0.39 is 30.4 Å². The first-order valence-corrected chi connectivity index (χ1v) is 7.80. The Kier molecular flexibility index (Phi) is 8.27. The van der Waals surface area contributed by atoms with Crippen molar-refractivity contribution in [2.45, 2.75) is 44.2 Å². The maximum Gasteiger partial charge on any atom is 0.575 e. The third-order valence-electron chi connectivity index (χ3n) is 3.49. The summed E-state index contributed by atoms with van der Waals surface area (Å²) in [6, 6.07) is 4.28. The Balaban J connectivity index is 2.35. The van der Waals surface area contributed by atoms with E-state index in [9.17, 15) is 27.9 Å². The molecule has 0 aromatic heterocycles. The first-order valence-electron chi connectivity index (χ1n) is 7.80. The van der Waals surface area contributed by atoms with Gasteiger partial charge in [-0.15, -0.1) is 13.2 Å². The minimum absolute atomic E-state index is 0.189. The molecule has 0 amide bonds. The monoisotopic (exact) mass is 375 g/mol. The first-order chi connectivity index (χ1) is 12.1. The zero-order chi connectivity index (χ0) is 19.7. The molecule has 1 rings (SSSR count). The van der Waals surface area contributed by atoms with Gasteiger partial charge < -0.3 is 20.7 Å². The molecule has 0 aliphatic carbocycles. The quantitative estimate of drug-likeness (QED) is 0.452. The molecule has 0 fully saturated rings. The fourth-order valence-corrected chi connectivity index (χ4v) is 2.07. The average molecular weight is 375 g/mol. The van der Waals surface area contributed by atoms with Crippen LogP contribution >= 0.6 is 0 Å². The highest BCUT2D eigenvalue weighted by molar-refractivity contribution is 5.89. The number of hydrogen-bond acceptors (Lipinski definition) is 5. The van der Waals surface area contributed by atoms with Crippen LogP contribution in [0, 0.1) is 0 Å². The van der Waals surface area contributed by atoms with Gasteiger partial charge in [-0.05, 0) is 43.4 Å². The molecule has 26 heavy (non-hydrogen) atoms. The second-order valence-electron chi connectivity index (χ2n) is 5.55. The molecule has 0 radical (unpaired) electrons. The van der Waals surface area contributed by atoms with Gasteiger partial charge in [0.2, 0.25) is 0 Å². The van der Waals surface area contributed by atoms with Crippen LogP contribution in [0.1, 0.15) is 35.2 Å². The summed E-state index contributed by atoms with van der Waals surface area (Å²) in [5.41, 5.74) is 5.91. The molecule has 1 aromatic carbocycles. The van der Waals surface area contributed by atoms with E-state index in [4.69, 9.17) is 10.8 Å². The van der Waals surface area contributed by atoms with Crippen LogP contribution in [-0.4, -0.2) is 40.7 Å². The number of aryl methyl sites for hydroxylation is 1. The molecular weight excluding hydrogens is 355 g/mol. The van der Waals surface area contributed by atoms with Gasteiger partial charge >= 0.3 is 18.3 Å². The number of carboxylic acids is 1. The predicted octanol–water partition coefficient (Wildman–Crippen LogP) is 2.41. The van der Waals surface area contributed by atoms with Crippen molar-refractivity contribution < 1.29 is 37.7 Å². The van der Waals surface area contributed by atoms with Crippen molar-refractivity contribution in [3.63, 3.8) is 0 Å². The number of rotatable bonds is 9. The molecule has 0 heterocycles. The lowest BCUT2D eigenvalue weighted by atomic mass is 10.1. The van der Waals surface area contributed by atoms with E-state index in [1.54, 1.807) is 6.08 Å². The smallest absolute Gasteiger partial charge is 0.480 e. The molecule has 144 valence electrons. The Labute approximate surface area is 148 Å². The third-order valence-corrected chi connectivity index (χ3v) is 3.49. The highest BCUT2D eigenvalue weighted by Gasteiger charge is 2.34. The van der Waals surface area contributed by atoms with Crippen LogP contribution in [-0.2, 0) is 16.0 Å². The minimum Gasteiger partial charge on any atom is -0.480 e. The molecule has 9 heteroatoms. The number of aliphatic hydroxyl groups is 1. The molecular formula is C17H20F3NO5. The topological polar surface area (TPSA) is 110 Å². The van der Waals surface area contributed by atoms with E-state index in [1.807, 2.05) is 6.08 Å². The second kappa shape index (κ2) is 9.93. The van der Waals surface area contributed by atoms with Gasteiger partial charge in [0.15, 0.2) is 0 Å².